The summed E-state index contributed by atoms with van der Waals surface area (Å²) < 4.78 is 38.6. The Morgan fingerprint density at radius 1 is 1.33 bits per heavy atom. The Morgan fingerprint density at radius 2 is 2.04 bits per heavy atom. The zero-order chi connectivity index (χ0) is 17.6. The van der Waals surface area contributed by atoms with Gasteiger partial charge in [-0.3, -0.25) is 0 Å². The SMILES string of the molecule is CCOc1cc(C)c(Cl)cc1S(=O)(=O)NCCC[NH+]1CCOCC1. The minimum atomic E-state index is -3.65. The van der Waals surface area contributed by atoms with Crippen molar-refractivity contribution in [3.05, 3.63) is 22.7 Å². The van der Waals surface area contributed by atoms with Crippen LogP contribution in [0.5, 0.6) is 5.75 Å². The first-order valence-electron chi connectivity index (χ1n) is 8.28. The molecule has 2 N–H and O–H groups in total. The molecule has 0 radical (unpaired) electrons. The predicted molar refractivity (Wildman–Crippen MR) is 93.5 cm³/mol. The molecule has 1 saturated heterocycles. The third-order valence-electron chi connectivity index (χ3n) is 4.01. The number of sulfonamides is 1. The van der Waals surface area contributed by atoms with E-state index in [0.717, 1.165) is 44.8 Å². The van der Waals surface area contributed by atoms with Crippen LogP contribution in [0.1, 0.15) is 18.9 Å². The van der Waals surface area contributed by atoms with E-state index in [1.165, 1.54) is 11.0 Å². The minimum Gasteiger partial charge on any atom is -0.492 e. The lowest BCUT2D eigenvalue weighted by molar-refractivity contribution is -0.908. The number of quaternary nitrogens is 1. The molecule has 1 aromatic rings. The molecule has 136 valence electrons. The van der Waals surface area contributed by atoms with Crippen LogP contribution in [-0.4, -0.2) is 54.4 Å². The highest BCUT2D eigenvalue weighted by atomic mass is 35.5. The van der Waals surface area contributed by atoms with Gasteiger partial charge in [0.1, 0.15) is 23.7 Å². The van der Waals surface area contributed by atoms with Gasteiger partial charge in [0, 0.05) is 18.0 Å². The van der Waals surface area contributed by atoms with E-state index in [9.17, 15) is 8.42 Å². The van der Waals surface area contributed by atoms with Crippen molar-refractivity contribution in [1.29, 1.82) is 0 Å². The minimum absolute atomic E-state index is 0.0960. The lowest BCUT2D eigenvalue weighted by Crippen LogP contribution is -3.14. The maximum atomic E-state index is 12.6. The highest BCUT2D eigenvalue weighted by Crippen LogP contribution is 2.30. The molecule has 0 saturated carbocycles. The quantitative estimate of drug-likeness (QED) is 0.652. The van der Waals surface area contributed by atoms with Crippen LogP contribution < -0.4 is 14.4 Å². The highest BCUT2D eigenvalue weighted by molar-refractivity contribution is 7.89. The van der Waals surface area contributed by atoms with Crippen LogP contribution in [0.4, 0.5) is 0 Å². The lowest BCUT2D eigenvalue weighted by atomic mass is 10.2. The van der Waals surface area contributed by atoms with Gasteiger partial charge in [-0.1, -0.05) is 11.6 Å². The molecule has 0 atom stereocenters. The van der Waals surface area contributed by atoms with Gasteiger partial charge in [-0.15, -0.1) is 0 Å². The topological polar surface area (TPSA) is 69.1 Å². The molecule has 0 bridgehead atoms. The van der Waals surface area contributed by atoms with Gasteiger partial charge in [-0.2, -0.15) is 0 Å². The van der Waals surface area contributed by atoms with E-state index in [1.807, 2.05) is 13.8 Å². The van der Waals surface area contributed by atoms with Crippen LogP contribution in [-0.2, 0) is 14.8 Å². The molecule has 2 rings (SSSR count). The second-order valence-electron chi connectivity index (χ2n) is 5.84. The normalized spacial score (nSPS) is 16.3. The van der Waals surface area contributed by atoms with Crippen molar-refractivity contribution in [3.63, 3.8) is 0 Å². The van der Waals surface area contributed by atoms with Crippen LogP contribution in [0, 0.1) is 6.92 Å². The molecule has 24 heavy (non-hydrogen) atoms. The average Bonchev–Trinajstić information content (AvgIpc) is 2.56. The fourth-order valence-electron chi connectivity index (χ4n) is 2.65. The van der Waals surface area contributed by atoms with Crippen molar-refractivity contribution in [2.24, 2.45) is 0 Å². The summed E-state index contributed by atoms with van der Waals surface area (Å²) in [4.78, 5) is 1.55. The monoisotopic (exact) mass is 377 g/mol. The first kappa shape index (κ1) is 19.5. The van der Waals surface area contributed by atoms with Gasteiger partial charge >= 0.3 is 0 Å². The Bertz CT molecular complexity index is 646. The molecule has 0 aliphatic carbocycles. The third kappa shape index (κ3) is 5.32. The highest BCUT2D eigenvalue weighted by Gasteiger charge is 2.21. The number of ether oxygens (including phenoxy) is 2. The van der Waals surface area contributed by atoms with Crippen LogP contribution in [0.3, 0.4) is 0 Å². The number of hydrogen-bond donors (Lipinski definition) is 2. The Morgan fingerprint density at radius 3 is 2.71 bits per heavy atom. The molecule has 6 nitrogen and oxygen atoms in total. The first-order chi connectivity index (χ1) is 11.4. The zero-order valence-corrected chi connectivity index (χ0v) is 15.8. The van der Waals surface area contributed by atoms with Crippen LogP contribution >= 0.6 is 11.6 Å². The standard InChI is InChI=1S/C16H25ClN2O4S/c1-3-23-15-11-13(2)14(17)12-16(15)24(20,21)18-5-4-6-19-7-9-22-10-8-19/h11-12,18H,3-10H2,1-2H3/p+1. The Hall–Kier alpha value is -0.860. The molecule has 0 spiro atoms. The van der Waals surface area contributed by atoms with Crippen molar-refractivity contribution in [1.82, 2.24) is 4.72 Å². The van der Waals surface area contributed by atoms with Gasteiger partial charge in [-0.05, 0) is 31.5 Å². The van der Waals surface area contributed by atoms with E-state index < -0.39 is 10.0 Å². The van der Waals surface area contributed by atoms with E-state index in [4.69, 9.17) is 21.1 Å². The van der Waals surface area contributed by atoms with E-state index in [-0.39, 0.29) is 4.90 Å². The molecule has 0 aromatic heterocycles. The molecule has 1 aliphatic rings. The van der Waals surface area contributed by atoms with Gasteiger partial charge in [0.05, 0.1) is 26.4 Å². The Balaban J connectivity index is 1.97. The molecule has 1 aliphatic heterocycles. The molecule has 1 aromatic carbocycles. The van der Waals surface area contributed by atoms with Crippen LogP contribution in [0.2, 0.25) is 5.02 Å². The smallest absolute Gasteiger partial charge is 0.244 e. The number of hydrogen-bond acceptors (Lipinski definition) is 4. The van der Waals surface area contributed by atoms with Crippen molar-refractivity contribution in [3.8, 4) is 5.75 Å². The number of morpholine rings is 1. The third-order valence-corrected chi connectivity index (χ3v) is 5.90. The maximum absolute atomic E-state index is 12.6. The van der Waals surface area contributed by atoms with Gasteiger partial charge in [0.2, 0.25) is 10.0 Å². The number of halogens is 1. The summed E-state index contributed by atoms with van der Waals surface area (Å²) in [5, 5.41) is 0.414. The Labute approximate surface area is 149 Å². The summed E-state index contributed by atoms with van der Waals surface area (Å²) in [5.74, 6) is 0.339. The maximum Gasteiger partial charge on any atom is 0.244 e. The van der Waals surface area contributed by atoms with Crippen molar-refractivity contribution < 1.29 is 22.8 Å². The second-order valence-corrected chi connectivity index (χ2v) is 7.99. The van der Waals surface area contributed by atoms with Gasteiger partial charge in [0.15, 0.2) is 0 Å². The second kappa shape index (κ2) is 9.01. The number of nitrogens with one attached hydrogen (secondary N) is 2. The van der Waals surface area contributed by atoms with Crippen molar-refractivity contribution in [2.75, 3.05) is 46.0 Å². The molecule has 1 fully saturated rings. The average molecular weight is 378 g/mol. The van der Waals surface area contributed by atoms with Crippen LogP contribution in [0.15, 0.2) is 17.0 Å². The molecule has 0 unspecified atom stereocenters. The molecular weight excluding hydrogens is 352 g/mol. The van der Waals surface area contributed by atoms with Crippen molar-refractivity contribution in [2.45, 2.75) is 25.2 Å². The van der Waals surface area contributed by atoms with Crippen LogP contribution in [0.25, 0.3) is 0 Å². The van der Waals surface area contributed by atoms with Crippen molar-refractivity contribution >= 4 is 21.6 Å². The van der Waals surface area contributed by atoms with E-state index >= 15 is 0 Å². The van der Waals surface area contributed by atoms with E-state index in [0.29, 0.717) is 23.9 Å². The Kier molecular flexibility index (Phi) is 7.31. The van der Waals surface area contributed by atoms with E-state index in [2.05, 4.69) is 4.72 Å². The van der Waals surface area contributed by atoms with Gasteiger partial charge in [-0.25, -0.2) is 13.1 Å². The zero-order valence-electron chi connectivity index (χ0n) is 14.2. The van der Waals surface area contributed by atoms with E-state index in [1.54, 1.807) is 6.07 Å². The number of aryl methyl sites for hydroxylation is 1. The molecule has 8 heteroatoms. The first-order valence-corrected chi connectivity index (χ1v) is 10.1. The molecule has 1 heterocycles. The summed E-state index contributed by atoms with van der Waals surface area (Å²) >= 11 is 6.09. The van der Waals surface area contributed by atoms with Gasteiger partial charge in [0.25, 0.3) is 0 Å². The lowest BCUT2D eigenvalue weighted by Gasteiger charge is -2.23. The summed E-state index contributed by atoms with van der Waals surface area (Å²) in [6.45, 7) is 8.87. The number of benzene rings is 1. The summed E-state index contributed by atoms with van der Waals surface area (Å²) in [5.41, 5.74) is 0.787. The molecular formula is C16H26ClN2O4S+. The summed E-state index contributed by atoms with van der Waals surface area (Å²) in [7, 11) is -3.65. The summed E-state index contributed by atoms with van der Waals surface area (Å²) in [6.07, 6.45) is 0.776. The predicted octanol–water partition coefficient (Wildman–Crippen LogP) is 0.631. The van der Waals surface area contributed by atoms with Gasteiger partial charge < -0.3 is 14.4 Å². The summed E-state index contributed by atoms with van der Waals surface area (Å²) in [6, 6.07) is 3.12. The number of rotatable bonds is 8. The largest absolute Gasteiger partial charge is 0.492 e. The fourth-order valence-corrected chi connectivity index (χ4v) is 4.10. The molecule has 0 amide bonds. The fraction of sp³-hybridized carbons (Fsp3) is 0.625.